The van der Waals surface area contributed by atoms with Crippen LogP contribution in [0.5, 0.6) is 0 Å². The summed E-state index contributed by atoms with van der Waals surface area (Å²) < 4.78 is 6.11. The maximum Gasteiger partial charge on any atom is 0.144 e. The van der Waals surface area contributed by atoms with Crippen LogP contribution in [-0.4, -0.2) is 17.5 Å². The van der Waals surface area contributed by atoms with Gasteiger partial charge < -0.3 is 4.74 Å². The Labute approximate surface area is 91.7 Å². The molecule has 0 saturated carbocycles. The lowest BCUT2D eigenvalue weighted by Crippen LogP contribution is -2.56. The highest BCUT2D eigenvalue weighted by Crippen LogP contribution is 2.50. The summed E-state index contributed by atoms with van der Waals surface area (Å²) in [5.41, 5.74) is -0.422. The van der Waals surface area contributed by atoms with E-state index in [2.05, 4.69) is 32.9 Å². The summed E-state index contributed by atoms with van der Waals surface area (Å²) in [7, 11) is 0. The SMILES string of the molecule is C[C@@H]1C(=O)[C@H](C)[C@]2(C(C)(C)C)C=C[C@H]1O2. The first-order valence-electron chi connectivity index (χ1n) is 5.70. The quantitative estimate of drug-likeness (QED) is 0.572. The van der Waals surface area contributed by atoms with Gasteiger partial charge in [-0.15, -0.1) is 0 Å². The molecule has 2 heterocycles. The lowest BCUT2D eigenvalue weighted by molar-refractivity contribution is -0.180. The summed E-state index contributed by atoms with van der Waals surface area (Å²) >= 11 is 0. The zero-order valence-electron chi connectivity index (χ0n) is 10.2. The summed E-state index contributed by atoms with van der Waals surface area (Å²) in [6, 6.07) is 0. The number of carbonyl (C=O) groups is 1. The molecule has 0 radical (unpaired) electrons. The van der Waals surface area contributed by atoms with Crippen molar-refractivity contribution in [2.45, 2.75) is 46.3 Å². The summed E-state index contributed by atoms with van der Waals surface area (Å²) in [6.45, 7) is 10.4. The van der Waals surface area contributed by atoms with Crippen LogP contribution in [0, 0.1) is 17.3 Å². The molecule has 84 valence electrons. The van der Waals surface area contributed by atoms with Gasteiger partial charge in [0.05, 0.1) is 6.10 Å². The van der Waals surface area contributed by atoms with Crippen molar-refractivity contribution in [3.8, 4) is 0 Å². The van der Waals surface area contributed by atoms with Gasteiger partial charge in [0.25, 0.3) is 0 Å². The minimum absolute atomic E-state index is 0.00655. The minimum atomic E-state index is -0.388. The van der Waals surface area contributed by atoms with Crippen molar-refractivity contribution in [1.29, 1.82) is 0 Å². The number of ketones is 1. The molecule has 0 unspecified atom stereocenters. The summed E-state index contributed by atoms with van der Waals surface area (Å²) in [4.78, 5) is 12.1. The average molecular weight is 208 g/mol. The largest absolute Gasteiger partial charge is 0.362 e. The molecule has 0 aromatic heterocycles. The Morgan fingerprint density at radius 1 is 1.33 bits per heavy atom. The average Bonchev–Trinajstić information content (AvgIpc) is 2.54. The fourth-order valence-corrected chi connectivity index (χ4v) is 2.90. The molecule has 0 aromatic rings. The van der Waals surface area contributed by atoms with E-state index in [9.17, 15) is 4.79 Å². The molecule has 2 aliphatic rings. The second-order valence-electron chi connectivity index (χ2n) is 5.90. The molecule has 0 amide bonds. The first-order chi connectivity index (χ1) is 6.79. The first-order valence-corrected chi connectivity index (χ1v) is 5.70. The topological polar surface area (TPSA) is 26.3 Å². The number of hydrogen-bond donors (Lipinski definition) is 0. The van der Waals surface area contributed by atoms with Gasteiger partial charge in [-0.2, -0.15) is 0 Å². The van der Waals surface area contributed by atoms with Gasteiger partial charge in [0.15, 0.2) is 0 Å². The predicted octanol–water partition coefficient (Wildman–Crippen LogP) is 2.58. The van der Waals surface area contributed by atoms with Crippen LogP contribution in [0.15, 0.2) is 12.2 Å². The normalized spacial score (nSPS) is 44.9. The van der Waals surface area contributed by atoms with Crippen molar-refractivity contribution in [3.05, 3.63) is 12.2 Å². The van der Waals surface area contributed by atoms with Gasteiger partial charge >= 0.3 is 0 Å². The molecule has 0 spiro atoms. The molecule has 2 bridgehead atoms. The van der Waals surface area contributed by atoms with Crippen LogP contribution in [-0.2, 0) is 9.53 Å². The van der Waals surface area contributed by atoms with Gasteiger partial charge in [0.2, 0.25) is 0 Å². The molecule has 2 heteroatoms. The van der Waals surface area contributed by atoms with Crippen molar-refractivity contribution in [3.63, 3.8) is 0 Å². The third-order valence-electron chi connectivity index (χ3n) is 4.05. The third-order valence-corrected chi connectivity index (χ3v) is 4.05. The van der Waals surface area contributed by atoms with Gasteiger partial charge in [0, 0.05) is 11.8 Å². The Morgan fingerprint density at radius 3 is 2.47 bits per heavy atom. The van der Waals surface area contributed by atoms with E-state index in [1.165, 1.54) is 0 Å². The smallest absolute Gasteiger partial charge is 0.144 e. The van der Waals surface area contributed by atoms with Gasteiger partial charge in [-0.25, -0.2) is 0 Å². The lowest BCUT2D eigenvalue weighted by Gasteiger charge is -2.48. The van der Waals surface area contributed by atoms with Crippen molar-refractivity contribution in [2.75, 3.05) is 0 Å². The zero-order valence-corrected chi connectivity index (χ0v) is 10.2. The molecule has 2 rings (SSSR count). The van der Waals surface area contributed by atoms with Gasteiger partial charge in [0.1, 0.15) is 11.4 Å². The van der Waals surface area contributed by atoms with E-state index >= 15 is 0 Å². The molecule has 0 aromatic carbocycles. The molecular weight excluding hydrogens is 188 g/mol. The number of Topliss-reactive ketones (excluding diaryl/α,β-unsaturated/α-hetero) is 1. The molecule has 0 N–H and O–H groups in total. The van der Waals surface area contributed by atoms with E-state index in [-0.39, 0.29) is 29.0 Å². The molecule has 2 aliphatic heterocycles. The third kappa shape index (κ3) is 1.24. The van der Waals surface area contributed by atoms with E-state index < -0.39 is 0 Å². The second-order valence-corrected chi connectivity index (χ2v) is 5.90. The molecule has 1 fully saturated rings. The Kier molecular flexibility index (Phi) is 2.13. The molecule has 0 aliphatic carbocycles. The molecule has 2 nitrogen and oxygen atoms in total. The molecule has 4 atom stereocenters. The Bertz CT molecular complexity index is 324. The Hall–Kier alpha value is -0.630. The maximum absolute atomic E-state index is 12.1. The van der Waals surface area contributed by atoms with Crippen molar-refractivity contribution in [1.82, 2.24) is 0 Å². The van der Waals surface area contributed by atoms with E-state index in [0.717, 1.165) is 0 Å². The van der Waals surface area contributed by atoms with Crippen LogP contribution in [0.2, 0.25) is 0 Å². The highest BCUT2D eigenvalue weighted by atomic mass is 16.5. The van der Waals surface area contributed by atoms with Gasteiger partial charge in [-0.3, -0.25) is 4.79 Å². The summed E-state index contributed by atoms with van der Waals surface area (Å²) in [5.74, 6) is 0.308. The molecular formula is C13H20O2. The van der Waals surface area contributed by atoms with Crippen LogP contribution in [0.25, 0.3) is 0 Å². The van der Waals surface area contributed by atoms with E-state index in [4.69, 9.17) is 4.74 Å². The second kappa shape index (κ2) is 2.94. The standard InChI is InChI=1S/C13H20O2/c1-8-10-6-7-13(15-10,12(3,4)5)9(2)11(8)14/h6-10H,1-5H3/t8-,9-,10+,13-/m0/s1. The van der Waals surface area contributed by atoms with Crippen molar-refractivity contribution < 1.29 is 9.53 Å². The van der Waals surface area contributed by atoms with E-state index in [1.807, 2.05) is 13.8 Å². The summed E-state index contributed by atoms with van der Waals surface area (Å²) in [5, 5.41) is 0. The number of carbonyl (C=O) groups excluding carboxylic acids is 1. The minimum Gasteiger partial charge on any atom is -0.362 e. The monoisotopic (exact) mass is 208 g/mol. The summed E-state index contributed by atoms with van der Waals surface area (Å²) in [6.07, 6.45) is 4.18. The number of rotatable bonds is 0. The lowest BCUT2D eigenvalue weighted by atomic mass is 9.66. The number of hydrogen-bond acceptors (Lipinski definition) is 2. The van der Waals surface area contributed by atoms with Crippen molar-refractivity contribution >= 4 is 5.78 Å². The van der Waals surface area contributed by atoms with Crippen molar-refractivity contribution in [2.24, 2.45) is 17.3 Å². The fraction of sp³-hybridized carbons (Fsp3) is 0.769. The molecule has 15 heavy (non-hydrogen) atoms. The van der Waals surface area contributed by atoms with Crippen LogP contribution in [0.3, 0.4) is 0 Å². The van der Waals surface area contributed by atoms with Crippen LogP contribution in [0.1, 0.15) is 34.6 Å². The Balaban J connectivity index is 2.45. The fourth-order valence-electron chi connectivity index (χ4n) is 2.90. The first kappa shape index (κ1) is 10.9. The predicted molar refractivity (Wildman–Crippen MR) is 59.5 cm³/mol. The number of fused-ring (bicyclic) bond motifs is 2. The van der Waals surface area contributed by atoms with Crippen LogP contribution in [0.4, 0.5) is 0 Å². The van der Waals surface area contributed by atoms with Gasteiger partial charge in [-0.1, -0.05) is 46.8 Å². The number of ether oxygens (including phenoxy) is 1. The molecule has 1 saturated heterocycles. The maximum atomic E-state index is 12.1. The van der Waals surface area contributed by atoms with Gasteiger partial charge in [-0.05, 0) is 5.41 Å². The Morgan fingerprint density at radius 2 is 1.93 bits per heavy atom. The highest BCUT2D eigenvalue weighted by molar-refractivity contribution is 5.86. The van der Waals surface area contributed by atoms with Crippen LogP contribution >= 0.6 is 0 Å². The zero-order chi connectivity index (χ0) is 11.4. The highest BCUT2D eigenvalue weighted by Gasteiger charge is 2.57. The van der Waals surface area contributed by atoms with E-state index in [0.29, 0.717) is 5.78 Å². The van der Waals surface area contributed by atoms with E-state index in [1.54, 1.807) is 0 Å². The van der Waals surface area contributed by atoms with Crippen LogP contribution < -0.4 is 0 Å².